The fraction of sp³-hybridized carbons (Fsp3) is 0.611. The monoisotopic (exact) mass is 351 g/mol. The molecule has 2 aliphatic rings. The first-order chi connectivity index (χ1) is 10.9. The van der Waals surface area contributed by atoms with Crippen molar-refractivity contribution in [3.05, 3.63) is 29.3 Å². The van der Waals surface area contributed by atoms with Gasteiger partial charge < -0.3 is 10.2 Å². The molecule has 0 spiro atoms. The van der Waals surface area contributed by atoms with Crippen LogP contribution in [-0.2, 0) is 0 Å². The molecule has 5 heteroatoms. The van der Waals surface area contributed by atoms with Gasteiger partial charge in [0.2, 0.25) is 0 Å². The predicted molar refractivity (Wildman–Crippen MR) is 101 cm³/mol. The average molecular weight is 352 g/mol. The average Bonchev–Trinajstić information content (AvgIpc) is 3.00. The van der Waals surface area contributed by atoms with Crippen LogP contribution in [-0.4, -0.2) is 42.6 Å². The molecule has 0 aliphatic carbocycles. The largest absolute Gasteiger partial charge is 0.317 e. The Hall–Kier alpha value is -0.680. The van der Waals surface area contributed by atoms with Crippen LogP contribution in [0, 0.1) is 5.92 Å². The fourth-order valence-corrected chi connectivity index (χ4v) is 4.99. The first-order valence-corrected chi connectivity index (χ1v) is 9.49. The minimum Gasteiger partial charge on any atom is -0.317 e. The van der Waals surface area contributed by atoms with Gasteiger partial charge in [0.15, 0.2) is 0 Å². The van der Waals surface area contributed by atoms with Gasteiger partial charge in [0.05, 0.1) is 15.2 Å². The maximum Gasteiger partial charge on any atom is 0.0970 e. The number of fused-ring (bicyclic) bond motifs is 1. The van der Waals surface area contributed by atoms with Gasteiger partial charge in [0, 0.05) is 12.5 Å². The normalized spacial score (nSPS) is 21.4. The summed E-state index contributed by atoms with van der Waals surface area (Å²) in [6.07, 6.45) is 5.28. The van der Waals surface area contributed by atoms with Crippen molar-refractivity contribution in [3.63, 3.8) is 0 Å². The number of hydrogen-bond acceptors (Lipinski definition) is 4. The number of rotatable bonds is 3. The van der Waals surface area contributed by atoms with Crippen molar-refractivity contribution in [3.8, 4) is 0 Å². The Morgan fingerprint density at radius 3 is 2.57 bits per heavy atom. The highest BCUT2D eigenvalue weighted by atomic mass is 35.5. The molecule has 0 amide bonds. The molecule has 0 atom stereocenters. The molecule has 2 aliphatic heterocycles. The van der Waals surface area contributed by atoms with Gasteiger partial charge in [-0.1, -0.05) is 12.1 Å². The highest BCUT2D eigenvalue weighted by Gasteiger charge is 2.25. The Labute approximate surface area is 148 Å². The summed E-state index contributed by atoms with van der Waals surface area (Å²) in [5, 5.41) is 4.83. The van der Waals surface area contributed by atoms with Gasteiger partial charge in [0.25, 0.3) is 0 Å². The van der Waals surface area contributed by atoms with E-state index in [9.17, 15) is 0 Å². The van der Waals surface area contributed by atoms with Crippen molar-refractivity contribution in [1.82, 2.24) is 15.2 Å². The van der Waals surface area contributed by atoms with Crippen LogP contribution in [0.2, 0.25) is 0 Å². The third kappa shape index (κ3) is 4.05. The molecule has 0 unspecified atom stereocenters. The molecular weight excluding hydrogens is 326 g/mol. The maximum atomic E-state index is 4.87. The number of nitrogens with zero attached hydrogens (tertiary/aromatic N) is 2. The molecule has 2 fully saturated rings. The Balaban J connectivity index is 0.00000156. The second-order valence-electron chi connectivity index (χ2n) is 6.79. The van der Waals surface area contributed by atoms with E-state index in [1.807, 2.05) is 11.3 Å². The third-order valence-electron chi connectivity index (χ3n) is 5.22. The summed E-state index contributed by atoms with van der Waals surface area (Å²) in [5.41, 5.74) is 1.18. The van der Waals surface area contributed by atoms with Crippen LogP contribution in [0.5, 0.6) is 0 Å². The van der Waals surface area contributed by atoms with E-state index in [2.05, 4.69) is 34.5 Å². The van der Waals surface area contributed by atoms with Crippen LogP contribution in [0.3, 0.4) is 0 Å². The number of likely N-dealkylation sites (tertiary alicyclic amines) is 1. The number of hydrogen-bond donors (Lipinski definition) is 1. The Bertz CT molecular complexity index is 583. The standard InChI is InChI=1S/C18H25N3S.ClH/c1-2-4-17-16(3-1)20-18(22-17)15-7-11-21(12-8-15)13-14-5-9-19-10-6-14;/h1-4,14-15,19H,5-13H2;1H. The van der Waals surface area contributed by atoms with Crippen molar-refractivity contribution in [2.45, 2.75) is 31.6 Å². The Kier molecular flexibility index (Phi) is 5.91. The van der Waals surface area contributed by atoms with Crippen LogP contribution >= 0.6 is 23.7 Å². The molecule has 23 heavy (non-hydrogen) atoms. The van der Waals surface area contributed by atoms with Gasteiger partial charge >= 0.3 is 0 Å². The lowest BCUT2D eigenvalue weighted by Gasteiger charge is -2.34. The summed E-state index contributed by atoms with van der Waals surface area (Å²) in [6, 6.07) is 8.55. The molecule has 0 saturated carbocycles. The molecule has 1 aromatic heterocycles. The molecule has 3 nitrogen and oxygen atoms in total. The van der Waals surface area contributed by atoms with E-state index >= 15 is 0 Å². The molecule has 0 bridgehead atoms. The zero-order valence-electron chi connectivity index (χ0n) is 13.5. The number of aromatic nitrogens is 1. The molecule has 126 valence electrons. The quantitative estimate of drug-likeness (QED) is 0.909. The third-order valence-corrected chi connectivity index (χ3v) is 6.42. The van der Waals surface area contributed by atoms with Crippen LogP contribution in [0.4, 0.5) is 0 Å². The molecule has 2 aromatic rings. The number of nitrogens with one attached hydrogen (secondary N) is 1. The molecular formula is C18H26ClN3S. The zero-order chi connectivity index (χ0) is 14.8. The lowest BCUT2D eigenvalue weighted by molar-refractivity contribution is 0.167. The van der Waals surface area contributed by atoms with E-state index in [1.165, 1.54) is 73.6 Å². The van der Waals surface area contributed by atoms with E-state index in [0.29, 0.717) is 5.92 Å². The van der Waals surface area contributed by atoms with Gasteiger partial charge in [0.1, 0.15) is 0 Å². The van der Waals surface area contributed by atoms with Gasteiger partial charge in [-0.2, -0.15) is 0 Å². The summed E-state index contributed by atoms with van der Waals surface area (Å²) in [6.45, 7) is 6.25. The summed E-state index contributed by atoms with van der Waals surface area (Å²) in [5.74, 6) is 1.60. The van der Waals surface area contributed by atoms with Crippen molar-refractivity contribution in [1.29, 1.82) is 0 Å². The highest BCUT2D eigenvalue weighted by molar-refractivity contribution is 7.18. The van der Waals surface area contributed by atoms with Crippen molar-refractivity contribution in [2.24, 2.45) is 5.92 Å². The van der Waals surface area contributed by atoms with Gasteiger partial charge in [-0.25, -0.2) is 4.98 Å². The van der Waals surface area contributed by atoms with Gasteiger partial charge in [-0.15, -0.1) is 23.7 Å². The minimum absolute atomic E-state index is 0. The van der Waals surface area contributed by atoms with Crippen LogP contribution in [0.25, 0.3) is 10.2 Å². The smallest absolute Gasteiger partial charge is 0.0970 e. The molecule has 2 saturated heterocycles. The van der Waals surface area contributed by atoms with E-state index in [0.717, 1.165) is 5.92 Å². The van der Waals surface area contributed by atoms with Crippen molar-refractivity contribution in [2.75, 3.05) is 32.7 Å². The minimum atomic E-state index is 0. The second kappa shape index (κ2) is 7.93. The van der Waals surface area contributed by atoms with E-state index < -0.39 is 0 Å². The Morgan fingerprint density at radius 1 is 1.09 bits per heavy atom. The Morgan fingerprint density at radius 2 is 1.83 bits per heavy atom. The van der Waals surface area contributed by atoms with Crippen LogP contribution in [0.15, 0.2) is 24.3 Å². The molecule has 1 N–H and O–H groups in total. The van der Waals surface area contributed by atoms with E-state index in [4.69, 9.17) is 4.98 Å². The molecule has 1 aromatic carbocycles. The molecule has 4 rings (SSSR count). The number of halogens is 1. The number of thiazole rings is 1. The predicted octanol–water partition coefficient (Wildman–Crippen LogP) is 3.90. The van der Waals surface area contributed by atoms with Crippen LogP contribution in [0.1, 0.15) is 36.6 Å². The summed E-state index contributed by atoms with van der Waals surface area (Å²) in [7, 11) is 0. The number of piperidine rings is 2. The highest BCUT2D eigenvalue weighted by Crippen LogP contribution is 2.34. The first kappa shape index (κ1) is 17.2. The fourth-order valence-electron chi connectivity index (χ4n) is 3.86. The van der Waals surface area contributed by atoms with Gasteiger partial charge in [-0.3, -0.25) is 0 Å². The van der Waals surface area contributed by atoms with E-state index in [-0.39, 0.29) is 12.4 Å². The number of benzene rings is 1. The van der Waals surface area contributed by atoms with Crippen molar-refractivity contribution < 1.29 is 0 Å². The lowest BCUT2D eigenvalue weighted by atomic mass is 9.93. The maximum absolute atomic E-state index is 4.87. The molecule has 3 heterocycles. The lowest BCUT2D eigenvalue weighted by Crippen LogP contribution is -2.39. The SMILES string of the molecule is Cl.c1ccc2sc(C3CCN(CC4CCNCC4)CC3)nc2c1. The summed E-state index contributed by atoms with van der Waals surface area (Å²) < 4.78 is 1.34. The van der Waals surface area contributed by atoms with Crippen molar-refractivity contribution >= 4 is 34.0 Å². The van der Waals surface area contributed by atoms with E-state index in [1.54, 1.807) is 0 Å². The molecule has 0 radical (unpaired) electrons. The first-order valence-electron chi connectivity index (χ1n) is 8.67. The topological polar surface area (TPSA) is 28.2 Å². The number of para-hydroxylation sites is 1. The van der Waals surface area contributed by atoms with Crippen LogP contribution < -0.4 is 5.32 Å². The van der Waals surface area contributed by atoms with Gasteiger partial charge in [-0.05, 0) is 69.9 Å². The summed E-state index contributed by atoms with van der Waals surface area (Å²) >= 11 is 1.90. The summed E-state index contributed by atoms with van der Waals surface area (Å²) in [4.78, 5) is 7.56. The second-order valence-corrected chi connectivity index (χ2v) is 7.85. The zero-order valence-corrected chi connectivity index (χ0v) is 15.2.